The minimum Gasteiger partial charge on any atom is -0.588 e. The fraction of sp³-hybridized carbons (Fsp3) is 0.923. The van der Waals surface area contributed by atoms with E-state index in [0.29, 0.717) is 6.42 Å². The topological polar surface area (TPSA) is 43.6 Å². The Morgan fingerprint density at radius 1 is 1.19 bits per heavy atom. The van der Waals surface area contributed by atoms with E-state index in [1.54, 1.807) is 0 Å². The molecule has 0 heterocycles. The first kappa shape index (κ1) is 15.3. The van der Waals surface area contributed by atoms with E-state index in [2.05, 4.69) is 18.4 Å². The summed E-state index contributed by atoms with van der Waals surface area (Å²) < 4.78 is 9.40. The molecule has 0 aromatic rings. The smallest absolute Gasteiger partial charge is 0.497 e. The van der Waals surface area contributed by atoms with Gasteiger partial charge in [-0.1, -0.05) is 33.1 Å². The van der Waals surface area contributed by atoms with Crippen LogP contribution in [0.15, 0.2) is 0 Å². The van der Waals surface area contributed by atoms with Crippen LogP contribution < -0.4 is 5.26 Å². The molecular formula is C13H26O3. The maximum Gasteiger partial charge on any atom is 0.497 e. The number of carbonyl (C=O) groups excluding carboxylic acids is 1. The maximum atomic E-state index is 10.4. The first-order chi connectivity index (χ1) is 7.35. The Balaban J connectivity index is 3.66. The van der Waals surface area contributed by atoms with Gasteiger partial charge in [-0.05, 0) is 12.3 Å². The summed E-state index contributed by atoms with van der Waals surface area (Å²) in [6.07, 6.45) is 5.14. The molecule has 0 N–H and O–H groups in total. The van der Waals surface area contributed by atoms with E-state index < -0.39 is 0 Å². The number of esters is 1. The van der Waals surface area contributed by atoms with Gasteiger partial charge in [-0.15, -0.1) is 0 Å². The fourth-order valence-corrected chi connectivity index (χ4v) is 1.45. The van der Waals surface area contributed by atoms with Crippen LogP contribution in [0.3, 0.4) is 0 Å². The molecule has 0 aliphatic carbocycles. The standard InChI is InChI=1S/C13H26O3/c1-11(2)9-7-6-8-10-12(16-14)15-13(3,4)5/h11H,6-10H2,1-5H3. The lowest BCUT2D eigenvalue weighted by Gasteiger charge is -2.11. The lowest BCUT2D eigenvalue weighted by atomic mass is 10.0. The molecule has 3 nitrogen and oxygen atoms in total. The van der Waals surface area contributed by atoms with Crippen LogP contribution in [0.2, 0.25) is 0 Å². The van der Waals surface area contributed by atoms with Gasteiger partial charge < -0.3 is 9.99 Å². The minimum atomic E-state index is -0.350. The van der Waals surface area contributed by atoms with Gasteiger partial charge >= 0.3 is 5.97 Å². The van der Waals surface area contributed by atoms with E-state index in [4.69, 9.17) is 4.74 Å². The molecule has 0 bridgehead atoms. The first-order valence-corrected chi connectivity index (χ1v) is 6.20. The van der Waals surface area contributed by atoms with E-state index in [-0.39, 0.29) is 11.6 Å². The molecule has 0 unspecified atom stereocenters. The van der Waals surface area contributed by atoms with Crippen LogP contribution in [0.1, 0.15) is 66.7 Å². The monoisotopic (exact) mass is 230 g/mol. The molecule has 0 saturated heterocycles. The van der Waals surface area contributed by atoms with Crippen molar-refractivity contribution in [3.8, 4) is 0 Å². The average molecular weight is 230 g/mol. The van der Waals surface area contributed by atoms with Gasteiger partial charge in [0.05, 0.1) is 0 Å². The Hall–Kier alpha value is -0.730. The van der Waals surface area contributed by atoms with Gasteiger partial charge in [-0.2, -0.15) is 0 Å². The lowest BCUT2D eigenvalue weighted by molar-refractivity contribution is -1.05. The van der Waals surface area contributed by atoms with E-state index in [1.807, 2.05) is 20.8 Å². The van der Waals surface area contributed by atoms with Gasteiger partial charge in [0.15, 0.2) is 5.60 Å². The summed E-state index contributed by atoms with van der Waals surface area (Å²) in [7, 11) is 0. The SMILES string of the molecule is CC(C)CCCCCC(OC(C)(C)C)=[O+][O-]. The molecule has 0 saturated carbocycles. The summed E-state index contributed by atoms with van der Waals surface area (Å²) in [6.45, 7) is 10.2. The molecule has 0 fully saturated rings. The Kier molecular flexibility index (Phi) is 7.18. The van der Waals surface area contributed by atoms with Gasteiger partial charge in [0.2, 0.25) is 0 Å². The number of unbranched alkanes of at least 4 members (excludes halogenated alkanes) is 2. The fourth-order valence-electron chi connectivity index (χ4n) is 1.45. The van der Waals surface area contributed by atoms with E-state index >= 15 is 0 Å². The third kappa shape index (κ3) is 9.81. The molecular weight excluding hydrogens is 204 g/mol. The van der Waals surface area contributed by atoms with Gasteiger partial charge in [0.25, 0.3) is 0 Å². The van der Waals surface area contributed by atoms with Crippen LogP contribution in [-0.2, 0) is 9.31 Å². The lowest BCUT2D eigenvalue weighted by Crippen LogP contribution is -2.26. The van der Waals surface area contributed by atoms with Crippen molar-refractivity contribution in [2.24, 2.45) is 5.92 Å². The van der Waals surface area contributed by atoms with Crippen LogP contribution in [-0.4, -0.2) is 11.6 Å². The van der Waals surface area contributed by atoms with Crippen LogP contribution in [0.5, 0.6) is 0 Å². The molecule has 0 spiro atoms. The predicted octanol–water partition coefficient (Wildman–Crippen LogP) is 2.75. The van der Waals surface area contributed by atoms with Crippen molar-refractivity contribution in [1.82, 2.24) is 0 Å². The van der Waals surface area contributed by atoms with Crippen LogP contribution in [0.25, 0.3) is 0 Å². The molecule has 96 valence electrons. The molecule has 0 aromatic carbocycles. The molecule has 0 aromatic heterocycles. The zero-order valence-electron chi connectivity index (χ0n) is 11.3. The molecule has 3 heteroatoms. The number of hydrogen-bond acceptors (Lipinski definition) is 2. The first-order valence-electron chi connectivity index (χ1n) is 6.20. The molecule has 0 radical (unpaired) electrons. The van der Waals surface area contributed by atoms with E-state index in [0.717, 1.165) is 18.8 Å². The quantitative estimate of drug-likeness (QED) is 0.231. The zero-order valence-corrected chi connectivity index (χ0v) is 11.3. The van der Waals surface area contributed by atoms with Gasteiger partial charge in [0, 0.05) is 20.8 Å². The summed E-state index contributed by atoms with van der Waals surface area (Å²) in [5, 5.41) is 10.4. The van der Waals surface area contributed by atoms with Crippen LogP contribution in [0, 0.1) is 5.92 Å². The maximum absolute atomic E-state index is 10.4. The summed E-state index contributed by atoms with van der Waals surface area (Å²) in [6, 6.07) is 0. The Morgan fingerprint density at radius 2 is 1.81 bits per heavy atom. The highest BCUT2D eigenvalue weighted by atomic mass is 17.1. The third-order valence-electron chi connectivity index (χ3n) is 2.18. The van der Waals surface area contributed by atoms with Crippen molar-refractivity contribution in [3.05, 3.63) is 0 Å². The second kappa shape index (κ2) is 7.53. The van der Waals surface area contributed by atoms with E-state index in [9.17, 15) is 5.26 Å². The summed E-state index contributed by atoms with van der Waals surface area (Å²) in [5.41, 5.74) is -0.350. The van der Waals surface area contributed by atoms with E-state index in [1.165, 1.54) is 12.8 Å². The summed E-state index contributed by atoms with van der Waals surface area (Å²) in [5.74, 6) is 0.974. The molecule has 0 atom stereocenters. The molecule has 16 heavy (non-hydrogen) atoms. The summed E-state index contributed by atoms with van der Waals surface area (Å²) in [4.78, 5) is 0. The van der Waals surface area contributed by atoms with Gasteiger partial charge in [0.1, 0.15) is 6.42 Å². The largest absolute Gasteiger partial charge is 0.588 e. The van der Waals surface area contributed by atoms with Gasteiger partial charge in [-0.25, -0.2) is 0 Å². The number of hydrogen-bond donors (Lipinski definition) is 0. The Morgan fingerprint density at radius 3 is 2.25 bits per heavy atom. The van der Waals surface area contributed by atoms with Crippen LogP contribution in [0.4, 0.5) is 0 Å². The number of rotatable bonds is 6. The zero-order chi connectivity index (χ0) is 12.6. The Bertz CT molecular complexity index is 202. The van der Waals surface area contributed by atoms with Crippen molar-refractivity contribution in [1.29, 1.82) is 0 Å². The van der Waals surface area contributed by atoms with Crippen molar-refractivity contribution in [3.63, 3.8) is 0 Å². The predicted molar refractivity (Wildman–Crippen MR) is 63.8 cm³/mol. The molecule has 0 rings (SSSR count). The van der Waals surface area contributed by atoms with Crippen molar-refractivity contribution < 1.29 is 14.6 Å². The highest BCUT2D eigenvalue weighted by molar-refractivity contribution is 5.69. The molecule has 0 aliphatic heterocycles. The average Bonchev–Trinajstić information content (AvgIpc) is 2.13. The van der Waals surface area contributed by atoms with Crippen molar-refractivity contribution >= 4 is 5.97 Å². The van der Waals surface area contributed by atoms with Crippen molar-refractivity contribution in [2.75, 3.05) is 0 Å². The number of ether oxygens (including phenoxy) is 1. The van der Waals surface area contributed by atoms with Crippen molar-refractivity contribution in [2.45, 2.75) is 72.3 Å². The highest BCUT2D eigenvalue weighted by Crippen LogP contribution is 2.13. The third-order valence-corrected chi connectivity index (χ3v) is 2.18. The van der Waals surface area contributed by atoms with Gasteiger partial charge in [-0.3, -0.25) is 4.58 Å². The molecule has 0 aliphatic rings. The Labute approximate surface area is 99.4 Å². The second-order valence-corrected chi connectivity index (χ2v) is 5.66. The summed E-state index contributed by atoms with van der Waals surface area (Å²) >= 11 is 0. The normalized spacial score (nSPS) is 13.2. The van der Waals surface area contributed by atoms with Crippen LogP contribution >= 0.6 is 0 Å². The molecule has 0 amide bonds. The minimum absolute atomic E-state index is 0.219. The second-order valence-electron chi connectivity index (χ2n) is 5.66. The highest BCUT2D eigenvalue weighted by Gasteiger charge is 2.25.